The SMILES string of the molecule is CCCn1c(C)cc(/C=C(\C#N)C(=O)OCC(=O)c2ccc3c(c2)CCC(=O)N3)c1C. The Morgan fingerprint density at radius 2 is 2.03 bits per heavy atom. The van der Waals surface area contributed by atoms with Gasteiger partial charge in [-0.25, -0.2) is 4.79 Å². The van der Waals surface area contributed by atoms with E-state index in [-0.39, 0.29) is 17.3 Å². The standard InChI is InChI=1S/C24H25N3O4/c1-4-9-27-15(2)10-19(16(27)3)12-20(13-25)24(30)31-14-22(28)18-5-7-21-17(11-18)6-8-23(29)26-21/h5,7,10-12H,4,6,8-9,14H2,1-3H3,(H,26,29)/b20-12+. The topological polar surface area (TPSA) is 101 Å². The van der Waals surface area contributed by atoms with Crippen molar-refractivity contribution in [3.8, 4) is 6.07 Å². The van der Waals surface area contributed by atoms with E-state index in [0.717, 1.165) is 35.5 Å². The molecule has 0 radical (unpaired) electrons. The Balaban J connectivity index is 1.69. The van der Waals surface area contributed by atoms with E-state index in [1.807, 2.05) is 26.0 Å². The molecular formula is C24H25N3O4. The first-order valence-electron chi connectivity index (χ1n) is 10.3. The molecule has 0 saturated carbocycles. The van der Waals surface area contributed by atoms with E-state index in [9.17, 15) is 19.6 Å². The highest BCUT2D eigenvalue weighted by atomic mass is 16.5. The number of hydrogen-bond acceptors (Lipinski definition) is 5. The van der Waals surface area contributed by atoms with Gasteiger partial charge in [0.2, 0.25) is 5.91 Å². The second-order valence-electron chi connectivity index (χ2n) is 7.57. The maximum absolute atomic E-state index is 12.5. The van der Waals surface area contributed by atoms with Gasteiger partial charge in [0.1, 0.15) is 11.6 Å². The summed E-state index contributed by atoms with van der Waals surface area (Å²) >= 11 is 0. The van der Waals surface area contributed by atoms with Crippen molar-refractivity contribution in [1.29, 1.82) is 5.26 Å². The Morgan fingerprint density at radius 3 is 2.74 bits per heavy atom. The largest absolute Gasteiger partial charge is 0.453 e. The van der Waals surface area contributed by atoms with Crippen LogP contribution in [-0.2, 0) is 27.3 Å². The number of esters is 1. The summed E-state index contributed by atoms with van der Waals surface area (Å²) in [5, 5.41) is 12.2. The number of hydrogen-bond donors (Lipinski definition) is 1. The number of benzene rings is 1. The number of nitrogens with one attached hydrogen (secondary N) is 1. The monoisotopic (exact) mass is 419 g/mol. The fourth-order valence-corrected chi connectivity index (χ4v) is 3.68. The van der Waals surface area contributed by atoms with Crippen molar-refractivity contribution in [2.24, 2.45) is 0 Å². The van der Waals surface area contributed by atoms with Crippen LogP contribution in [0.2, 0.25) is 0 Å². The molecule has 1 amide bonds. The number of aryl methyl sites for hydroxylation is 2. The van der Waals surface area contributed by atoms with E-state index >= 15 is 0 Å². The number of carbonyl (C=O) groups is 3. The second-order valence-corrected chi connectivity index (χ2v) is 7.57. The first-order chi connectivity index (χ1) is 14.8. The molecule has 0 bridgehead atoms. The van der Waals surface area contributed by atoms with Gasteiger partial charge in [0.25, 0.3) is 0 Å². The van der Waals surface area contributed by atoms with Gasteiger partial charge in [-0.2, -0.15) is 5.26 Å². The highest BCUT2D eigenvalue weighted by Gasteiger charge is 2.19. The van der Waals surface area contributed by atoms with E-state index in [1.165, 1.54) is 6.08 Å². The lowest BCUT2D eigenvalue weighted by molar-refractivity contribution is -0.137. The zero-order valence-corrected chi connectivity index (χ0v) is 17.9. The van der Waals surface area contributed by atoms with Crippen molar-refractivity contribution in [2.75, 3.05) is 11.9 Å². The van der Waals surface area contributed by atoms with Gasteiger partial charge in [-0.1, -0.05) is 6.92 Å². The van der Waals surface area contributed by atoms with Crippen LogP contribution >= 0.6 is 0 Å². The Kier molecular flexibility index (Phi) is 6.71. The zero-order chi connectivity index (χ0) is 22.5. The number of Topliss-reactive ketones (excluding diaryl/α,β-unsaturated/α-hetero) is 1. The summed E-state index contributed by atoms with van der Waals surface area (Å²) < 4.78 is 7.25. The van der Waals surface area contributed by atoms with Crippen molar-refractivity contribution >= 4 is 29.4 Å². The molecule has 3 rings (SSSR count). The third-order valence-electron chi connectivity index (χ3n) is 5.36. The number of ether oxygens (including phenoxy) is 1. The fraction of sp³-hybridized carbons (Fsp3) is 0.333. The van der Waals surface area contributed by atoms with Crippen LogP contribution in [0.5, 0.6) is 0 Å². The molecule has 0 saturated heterocycles. The summed E-state index contributed by atoms with van der Waals surface area (Å²) in [4.78, 5) is 36.3. The lowest BCUT2D eigenvalue weighted by Crippen LogP contribution is -2.20. The van der Waals surface area contributed by atoms with Crippen LogP contribution in [-0.4, -0.2) is 28.8 Å². The van der Waals surface area contributed by atoms with E-state index in [4.69, 9.17) is 4.74 Å². The molecule has 0 unspecified atom stereocenters. The molecule has 7 nitrogen and oxygen atoms in total. The predicted molar refractivity (Wildman–Crippen MR) is 116 cm³/mol. The number of carbonyl (C=O) groups excluding carboxylic acids is 3. The normalized spacial score (nSPS) is 13.2. The molecular weight excluding hydrogens is 394 g/mol. The Morgan fingerprint density at radius 1 is 1.26 bits per heavy atom. The third kappa shape index (κ3) is 4.92. The quantitative estimate of drug-likeness (QED) is 0.319. The summed E-state index contributed by atoms with van der Waals surface area (Å²) in [6, 6.07) is 8.76. The second kappa shape index (κ2) is 9.43. The number of ketones is 1. The predicted octanol–water partition coefficient (Wildman–Crippen LogP) is 3.73. The molecule has 31 heavy (non-hydrogen) atoms. The number of nitriles is 1. The summed E-state index contributed by atoms with van der Waals surface area (Å²) in [7, 11) is 0. The fourth-order valence-electron chi connectivity index (χ4n) is 3.68. The molecule has 0 aliphatic carbocycles. The Labute approximate surface area is 181 Å². The van der Waals surface area contributed by atoms with Crippen LogP contribution in [0.1, 0.15) is 52.6 Å². The molecule has 0 fully saturated rings. The van der Waals surface area contributed by atoms with Gasteiger partial charge in [0, 0.05) is 35.6 Å². The smallest absolute Gasteiger partial charge is 0.349 e. The highest BCUT2D eigenvalue weighted by molar-refractivity contribution is 6.03. The minimum absolute atomic E-state index is 0.0493. The molecule has 1 aliphatic heterocycles. The molecule has 1 aromatic heterocycles. The number of rotatable bonds is 7. The molecule has 0 atom stereocenters. The van der Waals surface area contributed by atoms with Crippen molar-refractivity contribution in [3.05, 3.63) is 57.9 Å². The zero-order valence-electron chi connectivity index (χ0n) is 17.9. The molecule has 160 valence electrons. The highest BCUT2D eigenvalue weighted by Crippen LogP contribution is 2.24. The molecule has 1 aliphatic rings. The van der Waals surface area contributed by atoms with Gasteiger partial charge in [0.15, 0.2) is 12.4 Å². The lowest BCUT2D eigenvalue weighted by Gasteiger charge is -2.17. The van der Waals surface area contributed by atoms with Gasteiger partial charge >= 0.3 is 5.97 Å². The Bertz CT molecular complexity index is 1120. The lowest BCUT2D eigenvalue weighted by atomic mass is 9.99. The minimum Gasteiger partial charge on any atom is -0.453 e. The van der Waals surface area contributed by atoms with Crippen LogP contribution in [0.15, 0.2) is 29.8 Å². The molecule has 1 N–H and O–H groups in total. The van der Waals surface area contributed by atoms with Gasteiger partial charge in [-0.15, -0.1) is 0 Å². The van der Waals surface area contributed by atoms with Gasteiger partial charge in [-0.3, -0.25) is 9.59 Å². The van der Waals surface area contributed by atoms with Crippen LogP contribution in [0.25, 0.3) is 6.08 Å². The summed E-state index contributed by atoms with van der Waals surface area (Å²) in [5.41, 5.74) is 4.61. The maximum atomic E-state index is 12.5. The van der Waals surface area contributed by atoms with Crippen LogP contribution in [0.3, 0.4) is 0 Å². The van der Waals surface area contributed by atoms with Crippen LogP contribution < -0.4 is 5.32 Å². The van der Waals surface area contributed by atoms with Gasteiger partial charge < -0.3 is 14.6 Å². The van der Waals surface area contributed by atoms with Crippen molar-refractivity contribution in [3.63, 3.8) is 0 Å². The first kappa shape index (κ1) is 22.0. The van der Waals surface area contributed by atoms with E-state index < -0.39 is 12.6 Å². The average molecular weight is 419 g/mol. The van der Waals surface area contributed by atoms with E-state index in [0.29, 0.717) is 24.1 Å². The number of aromatic nitrogens is 1. The van der Waals surface area contributed by atoms with E-state index in [1.54, 1.807) is 18.2 Å². The molecule has 0 spiro atoms. The summed E-state index contributed by atoms with van der Waals surface area (Å²) in [6.07, 6.45) is 3.40. The van der Waals surface area contributed by atoms with Gasteiger partial charge in [-0.05, 0) is 68.2 Å². The number of anilines is 1. The van der Waals surface area contributed by atoms with Gasteiger partial charge in [0.05, 0.1) is 0 Å². The van der Waals surface area contributed by atoms with Crippen molar-refractivity contribution in [2.45, 2.75) is 46.6 Å². The summed E-state index contributed by atoms with van der Waals surface area (Å²) in [6.45, 7) is 6.40. The molecule has 1 aromatic carbocycles. The Hall–Kier alpha value is -3.66. The molecule has 7 heteroatoms. The number of fused-ring (bicyclic) bond motifs is 1. The first-order valence-corrected chi connectivity index (χ1v) is 10.3. The van der Waals surface area contributed by atoms with Crippen molar-refractivity contribution in [1.82, 2.24) is 4.57 Å². The summed E-state index contributed by atoms with van der Waals surface area (Å²) in [5.74, 6) is -1.25. The number of nitrogens with zero attached hydrogens (tertiary/aromatic N) is 2. The van der Waals surface area contributed by atoms with Crippen LogP contribution in [0, 0.1) is 25.2 Å². The van der Waals surface area contributed by atoms with Crippen LogP contribution in [0.4, 0.5) is 5.69 Å². The minimum atomic E-state index is -0.832. The maximum Gasteiger partial charge on any atom is 0.349 e. The third-order valence-corrected chi connectivity index (χ3v) is 5.36. The molecule has 2 aromatic rings. The van der Waals surface area contributed by atoms with E-state index in [2.05, 4.69) is 16.8 Å². The van der Waals surface area contributed by atoms with Crippen molar-refractivity contribution < 1.29 is 19.1 Å². The average Bonchev–Trinajstić information content (AvgIpc) is 3.02. The molecule has 2 heterocycles. The number of amides is 1.